The van der Waals surface area contributed by atoms with E-state index in [2.05, 4.69) is 34.6 Å². The van der Waals surface area contributed by atoms with E-state index in [0.29, 0.717) is 25.7 Å². The average molecular weight is 1450 g/mol. The summed E-state index contributed by atoms with van der Waals surface area (Å²) < 4.78 is 68.4. The number of carbonyl (C=O) groups excluding carboxylic acids is 4. The molecule has 99 heavy (non-hydrogen) atoms. The molecule has 0 rings (SSSR count). The molecule has 0 aromatic heterocycles. The largest absolute Gasteiger partial charge is 0.472 e. The molecule has 3 N–H and O–H groups in total. The highest BCUT2D eigenvalue weighted by Gasteiger charge is 2.30. The highest BCUT2D eigenvalue weighted by atomic mass is 31.2. The van der Waals surface area contributed by atoms with E-state index in [-0.39, 0.29) is 25.7 Å². The molecule has 17 nitrogen and oxygen atoms in total. The summed E-state index contributed by atoms with van der Waals surface area (Å²) in [5, 5.41) is 10.6. The van der Waals surface area contributed by atoms with Gasteiger partial charge in [0.25, 0.3) is 0 Å². The maximum Gasteiger partial charge on any atom is 0.472 e. The number of phosphoric acid groups is 2. The van der Waals surface area contributed by atoms with E-state index >= 15 is 0 Å². The molecule has 0 aliphatic carbocycles. The molecule has 0 bridgehead atoms. The summed E-state index contributed by atoms with van der Waals surface area (Å²) in [6, 6.07) is 0. The van der Waals surface area contributed by atoms with Gasteiger partial charge in [0.05, 0.1) is 26.4 Å². The van der Waals surface area contributed by atoms with Crippen molar-refractivity contribution in [2.45, 2.75) is 445 Å². The number of hydrogen-bond donors (Lipinski definition) is 3. The lowest BCUT2D eigenvalue weighted by Gasteiger charge is -2.21. The zero-order valence-electron chi connectivity index (χ0n) is 64.6. The molecular formula is C80H156O17P2. The molecule has 5 atom stereocenters. The van der Waals surface area contributed by atoms with Gasteiger partial charge in [-0.1, -0.05) is 375 Å². The van der Waals surface area contributed by atoms with Gasteiger partial charge >= 0.3 is 39.5 Å². The summed E-state index contributed by atoms with van der Waals surface area (Å²) in [6.07, 6.45) is 64.4. The SMILES string of the molecule is CCCCCCCCCCCCCCCCCCCCCCCCC(=O)O[C@H](COC(=O)CCCCCCCCCCCCCCCCCC(C)C)COP(=O)(O)OC[C@@H](O)COP(=O)(O)OC[C@@H](COC(=O)CCCCCCC)OC(=O)CCCCCCCCCCCCCCCC. The zero-order chi connectivity index (χ0) is 72.7. The summed E-state index contributed by atoms with van der Waals surface area (Å²) in [6.45, 7) is 7.26. The first kappa shape index (κ1) is 97.1. The van der Waals surface area contributed by atoms with Gasteiger partial charge in [-0.3, -0.25) is 37.3 Å². The molecule has 588 valence electrons. The van der Waals surface area contributed by atoms with Crippen LogP contribution in [0.4, 0.5) is 0 Å². The fourth-order valence-electron chi connectivity index (χ4n) is 12.4. The van der Waals surface area contributed by atoms with Gasteiger partial charge in [0, 0.05) is 25.7 Å². The zero-order valence-corrected chi connectivity index (χ0v) is 66.4. The van der Waals surface area contributed by atoms with Gasteiger partial charge < -0.3 is 33.8 Å². The minimum atomic E-state index is -4.96. The van der Waals surface area contributed by atoms with Crippen LogP contribution in [0.5, 0.6) is 0 Å². The number of rotatable bonds is 80. The minimum absolute atomic E-state index is 0.107. The van der Waals surface area contributed by atoms with E-state index in [1.807, 2.05) is 0 Å². The maximum atomic E-state index is 13.1. The van der Waals surface area contributed by atoms with E-state index in [9.17, 15) is 43.2 Å². The summed E-state index contributed by atoms with van der Waals surface area (Å²) in [5.41, 5.74) is 0. The second-order valence-electron chi connectivity index (χ2n) is 29.3. The molecule has 0 heterocycles. The Morgan fingerprint density at radius 2 is 0.465 bits per heavy atom. The lowest BCUT2D eigenvalue weighted by atomic mass is 10.0. The number of aliphatic hydroxyl groups excluding tert-OH is 1. The van der Waals surface area contributed by atoms with Gasteiger partial charge in [-0.2, -0.15) is 0 Å². The molecule has 19 heteroatoms. The van der Waals surface area contributed by atoms with Crippen molar-refractivity contribution in [1.29, 1.82) is 0 Å². The second kappa shape index (κ2) is 73.0. The molecule has 0 radical (unpaired) electrons. The third kappa shape index (κ3) is 74.1. The first-order valence-electron chi connectivity index (χ1n) is 41.6. The summed E-state index contributed by atoms with van der Waals surface area (Å²) in [4.78, 5) is 72.7. The van der Waals surface area contributed by atoms with Gasteiger partial charge in [0.1, 0.15) is 19.3 Å². The highest BCUT2D eigenvalue weighted by molar-refractivity contribution is 7.47. The summed E-state index contributed by atoms with van der Waals surface area (Å²) in [5.74, 6) is -1.31. The Labute approximate surface area is 607 Å². The molecule has 0 amide bonds. The quantitative estimate of drug-likeness (QED) is 0.0222. The number of ether oxygens (including phenoxy) is 4. The number of esters is 4. The van der Waals surface area contributed by atoms with Crippen molar-refractivity contribution in [3.8, 4) is 0 Å². The van der Waals surface area contributed by atoms with E-state index in [1.165, 1.54) is 244 Å². The second-order valence-corrected chi connectivity index (χ2v) is 32.2. The van der Waals surface area contributed by atoms with Crippen LogP contribution in [-0.2, 0) is 65.4 Å². The normalized spacial score (nSPS) is 13.9. The van der Waals surface area contributed by atoms with E-state index < -0.39 is 97.5 Å². The van der Waals surface area contributed by atoms with Crippen LogP contribution in [-0.4, -0.2) is 96.7 Å². The Hall–Kier alpha value is -1.94. The van der Waals surface area contributed by atoms with Gasteiger partial charge in [-0.15, -0.1) is 0 Å². The van der Waals surface area contributed by atoms with Gasteiger partial charge in [-0.25, -0.2) is 9.13 Å². The van der Waals surface area contributed by atoms with Gasteiger partial charge in [0.2, 0.25) is 0 Å². The van der Waals surface area contributed by atoms with Crippen LogP contribution < -0.4 is 0 Å². The third-order valence-corrected chi connectivity index (χ3v) is 20.7. The molecule has 0 aromatic carbocycles. The minimum Gasteiger partial charge on any atom is -0.462 e. The van der Waals surface area contributed by atoms with Gasteiger partial charge in [0.15, 0.2) is 12.2 Å². The summed E-state index contributed by atoms with van der Waals surface area (Å²) >= 11 is 0. The van der Waals surface area contributed by atoms with Crippen LogP contribution in [0.15, 0.2) is 0 Å². The topological polar surface area (TPSA) is 237 Å². The lowest BCUT2D eigenvalue weighted by molar-refractivity contribution is -0.161. The molecule has 0 aliphatic rings. The summed E-state index contributed by atoms with van der Waals surface area (Å²) in [7, 11) is -9.91. The van der Waals surface area contributed by atoms with Crippen LogP contribution in [0, 0.1) is 5.92 Å². The number of aliphatic hydroxyl groups is 1. The highest BCUT2D eigenvalue weighted by Crippen LogP contribution is 2.45. The Balaban J connectivity index is 5.11. The van der Waals surface area contributed by atoms with Crippen LogP contribution >= 0.6 is 15.6 Å². The predicted octanol–water partition coefficient (Wildman–Crippen LogP) is 24.0. The standard InChI is InChI=1S/C80H156O17P2/c1-6-9-12-15-17-19-21-23-25-26-27-28-29-30-31-34-39-43-47-51-56-61-66-80(85)97-76(70-91-78(83)64-59-54-49-45-41-38-35-32-33-36-40-44-48-53-57-62-73(4)5)72-95-99(88,89)93-68-74(81)67-92-98(86,87)94-71-75(69-90-77(82)63-58-52-14-11-8-3)96-79(84)65-60-55-50-46-42-37-24-22-20-18-16-13-10-7-2/h73-76,81H,6-72H2,1-5H3,(H,86,87)(H,88,89)/t74-,75+,76+/m0/s1. The van der Waals surface area contributed by atoms with Crippen molar-refractivity contribution >= 4 is 39.5 Å². The van der Waals surface area contributed by atoms with Gasteiger partial charge in [-0.05, 0) is 31.6 Å². The smallest absolute Gasteiger partial charge is 0.462 e. The number of hydrogen-bond acceptors (Lipinski definition) is 15. The van der Waals surface area contributed by atoms with Crippen molar-refractivity contribution in [2.24, 2.45) is 5.92 Å². The molecule has 0 aromatic rings. The van der Waals surface area contributed by atoms with Crippen molar-refractivity contribution in [1.82, 2.24) is 0 Å². The fraction of sp³-hybridized carbons (Fsp3) is 0.950. The fourth-order valence-corrected chi connectivity index (χ4v) is 14.0. The third-order valence-electron chi connectivity index (χ3n) is 18.8. The number of phosphoric ester groups is 2. The molecule has 2 unspecified atom stereocenters. The van der Waals surface area contributed by atoms with Crippen molar-refractivity contribution in [3.05, 3.63) is 0 Å². The van der Waals surface area contributed by atoms with Crippen LogP contribution in [0.3, 0.4) is 0 Å². The molecule has 0 saturated carbocycles. The monoisotopic (exact) mass is 1450 g/mol. The number of unbranched alkanes of at least 4 members (excludes halogenated alkanes) is 52. The van der Waals surface area contributed by atoms with E-state index in [1.54, 1.807) is 0 Å². The Morgan fingerprint density at radius 1 is 0.273 bits per heavy atom. The van der Waals surface area contributed by atoms with Crippen LogP contribution in [0.2, 0.25) is 0 Å². The number of carbonyl (C=O) groups is 4. The van der Waals surface area contributed by atoms with Crippen molar-refractivity contribution in [3.63, 3.8) is 0 Å². The maximum absolute atomic E-state index is 13.1. The van der Waals surface area contributed by atoms with Crippen LogP contribution in [0.1, 0.15) is 426 Å². The van der Waals surface area contributed by atoms with Crippen molar-refractivity contribution in [2.75, 3.05) is 39.6 Å². The van der Waals surface area contributed by atoms with E-state index in [4.69, 9.17) is 37.0 Å². The predicted molar refractivity (Wildman–Crippen MR) is 405 cm³/mol. The van der Waals surface area contributed by atoms with Crippen LogP contribution in [0.25, 0.3) is 0 Å². The average Bonchev–Trinajstić information content (AvgIpc) is 1.00. The first-order chi connectivity index (χ1) is 48.0. The molecule has 0 saturated heterocycles. The molecule has 0 fully saturated rings. The molecule has 0 spiro atoms. The molecular weight excluding hydrogens is 1290 g/mol. The Bertz CT molecular complexity index is 1890. The Kier molecular flexibility index (Phi) is 71.6. The lowest BCUT2D eigenvalue weighted by Crippen LogP contribution is -2.30. The first-order valence-corrected chi connectivity index (χ1v) is 44.6. The molecule has 0 aliphatic heterocycles. The van der Waals surface area contributed by atoms with Crippen molar-refractivity contribution < 1.29 is 80.2 Å². The van der Waals surface area contributed by atoms with E-state index in [0.717, 1.165) is 102 Å². The Morgan fingerprint density at radius 3 is 0.687 bits per heavy atom.